The van der Waals surface area contributed by atoms with Crippen LogP contribution in [0, 0.1) is 0 Å². The van der Waals surface area contributed by atoms with Crippen LogP contribution in [0.1, 0.15) is 168 Å². The lowest BCUT2D eigenvalue weighted by molar-refractivity contribution is -0.220. The number of ether oxygens (including phenoxy) is 2. The summed E-state index contributed by atoms with van der Waals surface area (Å²) in [5, 5.41) is 50.1. The maximum absolute atomic E-state index is 12.8. The number of phosphoric acid groups is 1. The highest BCUT2D eigenvalue weighted by Crippen LogP contribution is 2.47. The van der Waals surface area contributed by atoms with Gasteiger partial charge in [0.05, 0.1) is 6.61 Å². The number of hydrogen-bond donors (Lipinski definition) is 6. The van der Waals surface area contributed by atoms with Crippen LogP contribution in [0.3, 0.4) is 0 Å². The van der Waals surface area contributed by atoms with Gasteiger partial charge in [-0.3, -0.25) is 18.6 Å². The van der Waals surface area contributed by atoms with Gasteiger partial charge in [-0.1, -0.05) is 152 Å². The van der Waals surface area contributed by atoms with Gasteiger partial charge in [-0.05, 0) is 51.4 Å². The number of carbonyl (C=O) groups is 2. The van der Waals surface area contributed by atoms with Gasteiger partial charge in [-0.25, -0.2) is 4.57 Å². The Kier molecular flexibility index (Phi) is 32.9. The van der Waals surface area contributed by atoms with Crippen molar-refractivity contribution in [1.82, 2.24) is 0 Å². The van der Waals surface area contributed by atoms with Crippen LogP contribution in [0.25, 0.3) is 0 Å². The number of allylic oxidation sites excluding steroid dienone is 8. The van der Waals surface area contributed by atoms with Crippen LogP contribution in [0.4, 0.5) is 0 Å². The second kappa shape index (κ2) is 35.4. The molecule has 6 N–H and O–H groups in total. The van der Waals surface area contributed by atoms with Crippen LogP contribution >= 0.6 is 7.82 Å². The summed E-state index contributed by atoms with van der Waals surface area (Å²) in [5.74, 6) is -1.16. The number of aliphatic hydroxyl groups excluding tert-OH is 5. The van der Waals surface area contributed by atoms with Crippen LogP contribution < -0.4 is 0 Å². The van der Waals surface area contributed by atoms with Gasteiger partial charge in [0.2, 0.25) is 0 Å². The van der Waals surface area contributed by atoms with Crippen molar-refractivity contribution in [3.05, 3.63) is 48.6 Å². The molecule has 3 unspecified atom stereocenters. The molecule has 1 rings (SSSR count). The molecule has 0 radical (unpaired) electrons. The molecule has 1 saturated carbocycles. The van der Waals surface area contributed by atoms with Gasteiger partial charge < -0.3 is 39.9 Å². The Balaban J connectivity index is 2.53. The quantitative estimate of drug-likeness (QED) is 0.0152. The maximum Gasteiger partial charge on any atom is 0.472 e. The van der Waals surface area contributed by atoms with Crippen LogP contribution in [0.2, 0.25) is 0 Å². The summed E-state index contributed by atoms with van der Waals surface area (Å²) in [6.45, 7) is 3.21. The average Bonchev–Trinajstić information content (AvgIpc) is 3.21. The van der Waals surface area contributed by atoms with E-state index in [1.54, 1.807) is 0 Å². The molecule has 342 valence electrons. The first-order chi connectivity index (χ1) is 28.4. The molecular formula is C45H79O13P. The standard InChI is InChI=1S/C45H79O13P/c1-3-5-7-9-11-13-15-17-18-19-20-22-24-26-28-30-32-34-39(47)57-37(36-56-59(53,54)58-45-43(51)41(49)40(48)42(50)44(45)52)35-55-38(46)33-31-29-27-25-23-21-16-14-12-10-8-6-4-2/h11,13,17-18,20,22,26,28,37,40-45,48-52H,3-10,12,14-16,19,21,23-25,27,29-36H2,1-2H3,(H,53,54)/b13-11-,18-17-,22-20-,28-26-/t37-,40?,41-,42+,43+,44+,45?/m1/s1. The number of carbonyl (C=O) groups excluding carboxylic acids is 2. The molecule has 0 aromatic carbocycles. The monoisotopic (exact) mass is 859 g/mol. The third-order valence-corrected chi connectivity index (χ3v) is 11.2. The largest absolute Gasteiger partial charge is 0.472 e. The van der Waals surface area contributed by atoms with Crippen molar-refractivity contribution in [2.24, 2.45) is 0 Å². The molecule has 0 saturated heterocycles. The smallest absolute Gasteiger partial charge is 0.462 e. The lowest BCUT2D eigenvalue weighted by Crippen LogP contribution is -2.64. The van der Waals surface area contributed by atoms with Gasteiger partial charge in [0.15, 0.2) is 6.10 Å². The fourth-order valence-electron chi connectivity index (χ4n) is 6.51. The summed E-state index contributed by atoms with van der Waals surface area (Å²) in [7, 11) is -5.13. The first-order valence-electron chi connectivity index (χ1n) is 22.4. The van der Waals surface area contributed by atoms with E-state index >= 15 is 0 Å². The zero-order valence-corrected chi connectivity index (χ0v) is 36.9. The molecule has 59 heavy (non-hydrogen) atoms. The number of phosphoric ester groups is 1. The van der Waals surface area contributed by atoms with Crippen molar-refractivity contribution in [2.45, 2.75) is 211 Å². The Hall–Kier alpha value is -2.19. The lowest BCUT2D eigenvalue weighted by Gasteiger charge is -2.41. The van der Waals surface area contributed by atoms with Crippen molar-refractivity contribution in [3.63, 3.8) is 0 Å². The van der Waals surface area contributed by atoms with Crippen molar-refractivity contribution in [2.75, 3.05) is 13.2 Å². The molecule has 13 nitrogen and oxygen atoms in total. The third kappa shape index (κ3) is 28.1. The molecule has 8 atom stereocenters. The fourth-order valence-corrected chi connectivity index (χ4v) is 7.49. The van der Waals surface area contributed by atoms with E-state index in [1.165, 1.54) is 77.0 Å². The Bertz CT molecular complexity index is 1220. The number of rotatable bonds is 36. The number of aliphatic hydroxyl groups is 5. The predicted octanol–water partition coefficient (Wildman–Crippen LogP) is 8.39. The topological polar surface area (TPSA) is 210 Å². The van der Waals surface area contributed by atoms with E-state index in [4.69, 9.17) is 18.5 Å². The van der Waals surface area contributed by atoms with Crippen LogP contribution in [-0.2, 0) is 32.7 Å². The lowest BCUT2D eigenvalue weighted by atomic mass is 9.85. The second-order valence-electron chi connectivity index (χ2n) is 15.6. The van der Waals surface area contributed by atoms with E-state index in [0.29, 0.717) is 19.3 Å². The molecule has 0 spiro atoms. The van der Waals surface area contributed by atoms with Crippen LogP contribution in [0.15, 0.2) is 48.6 Å². The Labute approximate surface area is 354 Å². The SMILES string of the molecule is CCCCC/C=C\C/C=C\C/C=C\C/C=C\CCCC(=O)O[C@H](COC(=O)CCCCCCCCCCCCCCC)COP(=O)(O)OC1[C@@H](O)[C@H](O)C(O)[C@H](O)[C@@H]1O. The second-order valence-corrected chi connectivity index (χ2v) is 17.0. The molecule has 0 aromatic rings. The van der Waals surface area contributed by atoms with Gasteiger partial charge >= 0.3 is 19.8 Å². The molecular weight excluding hydrogens is 779 g/mol. The summed E-state index contributed by atoms with van der Waals surface area (Å²) < 4.78 is 33.4. The molecule has 0 aliphatic heterocycles. The Morgan fingerprint density at radius 3 is 1.44 bits per heavy atom. The predicted molar refractivity (Wildman–Crippen MR) is 230 cm³/mol. The average molecular weight is 859 g/mol. The maximum atomic E-state index is 12.8. The summed E-state index contributed by atoms with van der Waals surface area (Å²) >= 11 is 0. The summed E-state index contributed by atoms with van der Waals surface area (Å²) in [6.07, 6.45) is 27.5. The Morgan fingerprint density at radius 1 is 0.525 bits per heavy atom. The fraction of sp³-hybridized carbons (Fsp3) is 0.778. The first kappa shape index (κ1) is 54.8. The highest BCUT2D eigenvalue weighted by molar-refractivity contribution is 7.47. The van der Waals surface area contributed by atoms with E-state index in [2.05, 4.69) is 50.3 Å². The van der Waals surface area contributed by atoms with Gasteiger partial charge in [-0.2, -0.15) is 0 Å². The Morgan fingerprint density at radius 2 is 0.932 bits per heavy atom. The van der Waals surface area contributed by atoms with Gasteiger partial charge in [0, 0.05) is 12.8 Å². The highest BCUT2D eigenvalue weighted by Gasteiger charge is 2.51. The van der Waals surface area contributed by atoms with Crippen molar-refractivity contribution in [3.8, 4) is 0 Å². The number of unbranched alkanes of at least 4 members (excludes halogenated alkanes) is 16. The summed E-state index contributed by atoms with van der Waals surface area (Å²) in [6, 6.07) is 0. The first-order valence-corrected chi connectivity index (χ1v) is 23.9. The number of esters is 2. The molecule has 1 fully saturated rings. The molecule has 14 heteroatoms. The molecule has 1 aliphatic rings. The molecule has 0 bridgehead atoms. The van der Waals surface area contributed by atoms with Crippen molar-refractivity contribution < 1.29 is 63.1 Å². The van der Waals surface area contributed by atoms with E-state index < -0.39 is 75.7 Å². The van der Waals surface area contributed by atoms with Crippen molar-refractivity contribution in [1.29, 1.82) is 0 Å². The molecule has 0 aromatic heterocycles. The molecule has 0 heterocycles. The minimum absolute atomic E-state index is 0.0211. The van der Waals surface area contributed by atoms with Crippen LogP contribution in [-0.4, -0.2) is 98.3 Å². The van der Waals surface area contributed by atoms with Crippen LogP contribution in [0.5, 0.6) is 0 Å². The zero-order valence-electron chi connectivity index (χ0n) is 36.0. The summed E-state index contributed by atoms with van der Waals surface area (Å²) in [4.78, 5) is 35.6. The zero-order chi connectivity index (χ0) is 43.6. The summed E-state index contributed by atoms with van der Waals surface area (Å²) in [5.41, 5.74) is 0. The minimum atomic E-state index is -5.13. The third-order valence-electron chi connectivity index (χ3n) is 10.2. The van der Waals surface area contributed by atoms with E-state index in [9.17, 15) is 44.6 Å². The van der Waals surface area contributed by atoms with Gasteiger partial charge in [0.25, 0.3) is 0 Å². The van der Waals surface area contributed by atoms with Gasteiger partial charge in [0.1, 0.15) is 43.2 Å². The highest BCUT2D eigenvalue weighted by atomic mass is 31.2. The van der Waals surface area contributed by atoms with E-state index in [0.717, 1.165) is 44.9 Å². The van der Waals surface area contributed by atoms with Crippen molar-refractivity contribution >= 4 is 19.8 Å². The van der Waals surface area contributed by atoms with Gasteiger partial charge in [-0.15, -0.1) is 0 Å². The molecule has 0 amide bonds. The van der Waals surface area contributed by atoms with E-state index in [-0.39, 0.29) is 12.8 Å². The van der Waals surface area contributed by atoms with E-state index in [1.807, 2.05) is 12.2 Å². The molecule has 1 aliphatic carbocycles. The number of hydrogen-bond acceptors (Lipinski definition) is 12. The normalized spacial score (nSPS) is 22.8. The minimum Gasteiger partial charge on any atom is -0.462 e.